The lowest BCUT2D eigenvalue weighted by Crippen LogP contribution is -2.55. The quantitative estimate of drug-likeness (QED) is 0.766. The van der Waals surface area contributed by atoms with Crippen molar-refractivity contribution in [2.75, 3.05) is 0 Å². The van der Waals surface area contributed by atoms with Crippen molar-refractivity contribution in [2.24, 2.45) is 16.7 Å². The Kier molecular flexibility index (Phi) is 4.44. The summed E-state index contributed by atoms with van der Waals surface area (Å²) in [7, 11) is 0. The van der Waals surface area contributed by atoms with Gasteiger partial charge in [0, 0.05) is 17.6 Å². The van der Waals surface area contributed by atoms with E-state index in [0.717, 1.165) is 24.8 Å². The molecule has 2 N–H and O–H groups in total. The van der Waals surface area contributed by atoms with Crippen molar-refractivity contribution >= 4 is 11.8 Å². The predicted molar refractivity (Wildman–Crippen MR) is 92.4 cm³/mol. The number of carbonyl (C=O) groups excluding carboxylic acids is 2. The van der Waals surface area contributed by atoms with Crippen LogP contribution in [-0.4, -0.2) is 34.4 Å². The molecule has 0 spiro atoms. The van der Waals surface area contributed by atoms with Gasteiger partial charge in [0.15, 0.2) is 5.78 Å². The Balaban J connectivity index is 1.94. The summed E-state index contributed by atoms with van der Waals surface area (Å²) in [5.41, 5.74) is 1.91. The van der Waals surface area contributed by atoms with Crippen molar-refractivity contribution in [1.29, 1.82) is 0 Å². The molecule has 1 heterocycles. The first kappa shape index (κ1) is 18.3. The monoisotopic (exact) mass is 348 g/mol. The maximum atomic E-state index is 12.7. The topological polar surface area (TPSA) is 83.8 Å². The Labute approximate surface area is 148 Å². The molecule has 1 unspecified atom stereocenters. The van der Waals surface area contributed by atoms with E-state index in [1.807, 2.05) is 0 Å². The number of hydrogen-bond acceptors (Lipinski definition) is 5. The molecule has 0 aromatic heterocycles. The average Bonchev–Trinajstić information content (AvgIpc) is 2.81. The fourth-order valence-electron chi connectivity index (χ4n) is 5.53. The van der Waals surface area contributed by atoms with Crippen molar-refractivity contribution < 1.29 is 24.5 Å². The molecule has 2 aliphatic carbocycles. The van der Waals surface area contributed by atoms with Crippen molar-refractivity contribution in [1.82, 2.24) is 0 Å². The second-order valence-electron chi connectivity index (χ2n) is 8.66. The number of ether oxygens (including phenoxy) is 1. The van der Waals surface area contributed by atoms with Gasteiger partial charge in [-0.2, -0.15) is 0 Å². The van der Waals surface area contributed by atoms with E-state index in [4.69, 9.17) is 4.74 Å². The van der Waals surface area contributed by atoms with Gasteiger partial charge in [-0.05, 0) is 49.0 Å². The summed E-state index contributed by atoms with van der Waals surface area (Å²) in [6, 6.07) is 0. The minimum Gasteiger partial charge on any atom is -0.429 e. The van der Waals surface area contributed by atoms with E-state index >= 15 is 0 Å². The Morgan fingerprint density at radius 2 is 1.84 bits per heavy atom. The second-order valence-corrected chi connectivity index (χ2v) is 8.66. The van der Waals surface area contributed by atoms with Crippen molar-refractivity contribution in [3.63, 3.8) is 0 Å². The van der Waals surface area contributed by atoms with Crippen LogP contribution in [0.4, 0.5) is 0 Å². The predicted octanol–water partition coefficient (Wildman–Crippen LogP) is 2.66. The molecule has 1 saturated carbocycles. The van der Waals surface area contributed by atoms with Gasteiger partial charge in [0.05, 0.1) is 0 Å². The molecule has 5 heteroatoms. The van der Waals surface area contributed by atoms with E-state index in [-0.39, 0.29) is 22.5 Å². The van der Waals surface area contributed by atoms with Crippen LogP contribution in [-0.2, 0) is 14.3 Å². The van der Waals surface area contributed by atoms with Crippen LogP contribution in [0.1, 0.15) is 59.8 Å². The molecule has 0 aromatic carbocycles. The molecule has 1 aliphatic heterocycles. The molecule has 5 nitrogen and oxygen atoms in total. The summed E-state index contributed by atoms with van der Waals surface area (Å²) >= 11 is 0. The fraction of sp³-hybridized carbons (Fsp3) is 0.700. The molecule has 25 heavy (non-hydrogen) atoms. The Morgan fingerprint density at radius 1 is 1.16 bits per heavy atom. The highest BCUT2D eigenvalue weighted by Gasteiger charge is 2.56. The molecule has 138 valence electrons. The molecule has 0 bridgehead atoms. The summed E-state index contributed by atoms with van der Waals surface area (Å²) in [6.07, 6.45) is 3.27. The van der Waals surface area contributed by atoms with Crippen molar-refractivity contribution in [3.8, 4) is 0 Å². The zero-order valence-corrected chi connectivity index (χ0v) is 15.5. The first-order chi connectivity index (χ1) is 11.6. The summed E-state index contributed by atoms with van der Waals surface area (Å²) < 4.78 is 4.74. The van der Waals surface area contributed by atoms with Gasteiger partial charge in [0.2, 0.25) is 6.29 Å². The van der Waals surface area contributed by atoms with E-state index in [0.29, 0.717) is 24.0 Å². The number of esters is 1. The van der Waals surface area contributed by atoms with Crippen LogP contribution in [0.5, 0.6) is 0 Å². The van der Waals surface area contributed by atoms with E-state index in [2.05, 4.69) is 20.8 Å². The molecule has 0 amide bonds. The number of rotatable bonds is 3. The van der Waals surface area contributed by atoms with Gasteiger partial charge in [0.25, 0.3) is 0 Å². The summed E-state index contributed by atoms with van der Waals surface area (Å²) in [6.45, 7) is 8.23. The third-order valence-corrected chi connectivity index (χ3v) is 6.65. The van der Waals surface area contributed by atoms with E-state index in [1.54, 1.807) is 6.92 Å². The smallest absolute Gasteiger partial charge is 0.333 e. The summed E-state index contributed by atoms with van der Waals surface area (Å²) in [5.74, 6) is -0.813. The summed E-state index contributed by atoms with van der Waals surface area (Å²) in [4.78, 5) is 24.0. The number of carbonyl (C=O) groups is 2. The third kappa shape index (κ3) is 2.87. The van der Waals surface area contributed by atoms with Crippen LogP contribution in [0, 0.1) is 16.7 Å². The second kappa shape index (κ2) is 6.06. The first-order valence-corrected chi connectivity index (χ1v) is 9.09. The van der Waals surface area contributed by atoms with Crippen LogP contribution in [0.25, 0.3) is 0 Å². The van der Waals surface area contributed by atoms with Crippen molar-refractivity contribution in [3.05, 3.63) is 22.8 Å². The number of fused-ring (bicyclic) bond motifs is 1. The highest BCUT2D eigenvalue weighted by atomic mass is 16.6. The SMILES string of the molecule is CC1=C(CCC2=CC(=O)OC2O)[C@@]2(C)CCCC(C)(C)[C@@H]2[C@H](O)C1=O. The molecule has 0 aromatic rings. The highest BCUT2D eigenvalue weighted by Crippen LogP contribution is 2.59. The van der Waals surface area contributed by atoms with Gasteiger partial charge in [-0.3, -0.25) is 4.79 Å². The van der Waals surface area contributed by atoms with Gasteiger partial charge >= 0.3 is 5.97 Å². The zero-order valence-electron chi connectivity index (χ0n) is 15.5. The van der Waals surface area contributed by atoms with Crippen molar-refractivity contribution in [2.45, 2.75) is 72.2 Å². The molecule has 1 fully saturated rings. The van der Waals surface area contributed by atoms with E-state index in [9.17, 15) is 19.8 Å². The lowest BCUT2D eigenvalue weighted by molar-refractivity contribution is -0.151. The maximum absolute atomic E-state index is 12.7. The number of cyclic esters (lactones) is 1. The van der Waals surface area contributed by atoms with Gasteiger partial charge in [-0.25, -0.2) is 4.79 Å². The fourth-order valence-corrected chi connectivity index (χ4v) is 5.53. The number of allylic oxidation sites excluding steroid dienone is 1. The normalized spacial score (nSPS) is 37.7. The molecule has 0 radical (unpaired) electrons. The molecule has 4 atom stereocenters. The largest absolute Gasteiger partial charge is 0.429 e. The summed E-state index contributed by atoms with van der Waals surface area (Å²) in [5, 5.41) is 20.5. The van der Waals surface area contributed by atoms with E-state index < -0.39 is 18.4 Å². The van der Waals surface area contributed by atoms with Crippen LogP contribution >= 0.6 is 0 Å². The number of aliphatic hydroxyl groups is 2. The van der Waals surface area contributed by atoms with Crippen LogP contribution in [0.15, 0.2) is 22.8 Å². The lowest BCUT2D eigenvalue weighted by atomic mass is 9.48. The third-order valence-electron chi connectivity index (χ3n) is 6.65. The minimum absolute atomic E-state index is 0.111. The molecule has 3 aliphatic rings. The first-order valence-electron chi connectivity index (χ1n) is 9.09. The van der Waals surface area contributed by atoms with Gasteiger partial charge in [-0.15, -0.1) is 0 Å². The van der Waals surface area contributed by atoms with Crippen LogP contribution in [0.2, 0.25) is 0 Å². The van der Waals surface area contributed by atoms with Crippen LogP contribution in [0.3, 0.4) is 0 Å². The molecule has 0 saturated heterocycles. The van der Waals surface area contributed by atoms with Gasteiger partial charge in [-0.1, -0.05) is 32.8 Å². The number of aliphatic hydroxyl groups excluding tert-OH is 2. The molecular weight excluding hydrogens is 320 g/mol. The standard InChI is InChI=1S/C20H28O5/c1-11-13(7-6-12-10-14(21)25-18(12)24)20(4)9-5-8-19(2,3)17(20)16(23)15(11)22/h10,16-18,23-24H,5-9H2,1-4H3/t16-,17+,18?,20-/m1/s1. The lowest BCUT2D eigenvalue weighted by Gasteiger charge is -2.56. The zero-order chi connectivity index (χ0) is 18.6. The van der Waals surface area contributed by atoms with Crippen LogP contribution < -0.4 is 0 Å². The number of Topliss-reactive ketones (excluding diaryl/α,β-unsaturated/α-hetero) is 1. The van der Waals surface area contributed by atoms with Gasteiger partial charge in [0.1, 0.15) is 6.10 Å². The Morgan fingerprint density at radius 3 is 2.44 bits per heavy atom. The highest BCUT2D eigenvalue weighted by molar-refractivity contribution is 6.00. The maximum Gasteiger partial charge on any atom is 0.333 e. The molecular formula is C20H28O5. The number of hydrogen-bond donors (Lipinski definition) is 2. The minimum atomic E-state index is -1.18. The van der Waals surface area contributed by atoms with E-state index in [1.165, 1.54) is 6.08 Å². The average molecular weight is 348 g/mol. The molecule has 3 rings (SSSR count). The Hall–Kier alpha value is -1.46. The number of ketones is 1. The van der Waals surface area contributed by atoms with Gasteiger partial charge < -0.3 is 14.9 Å². The Bertz CT molecular complexity index is 672.